The Balaban J connectivity index is 2.04. The van der Waals surface area contributed by atoms with E-state index in [-0.39, 0.29) is 12.0 Å². The summed E-state index contributed by atoms with van der Waals surface area (Å²) in [6.07, 6.45) is -0.256. The predicted octanol–water partition coefficient (Wildman–Crippen LogP) is 3.64. The van der Waals surface area contributed by atoms with E-state index < -0.39 is 0 Å². The molecule has 21 heavy (non-hydrogen) atoms. The monoisotopic (exact) mass is 369 g/mol. The maximum absolute atomic E-state index is 12.1. The van der Waals surface area contributed by atoms with Crippen molar-refractivity contribution in [2.45, 2.75) is 6.10 Å². The number of amides is 1. The van der Waals surface area contributed by atoms with E-state index in [2.05, 4.69) is 21.2 Å². The molecule has 1 amide bonds. The quantitative estimate of drug-likeness (QED) is 0.845. The zero-order valence-corrected chi connectivity index (χ0v) is 14.2. The van der Waals surface area contributed by atoms with Gasteiger partial charge < -0.3 is 14.8 Å². The van der Waals surface area contributed by atoms with E-state index in [4.69, 9.17) is 9.47 Å². The Labute approximate surface area is 136 Å². The molecule has 4 nitrogen and oxygen atoms in total. The van der Waals surface area contributed by atoms with Gasteiger partial charge in [-0.25, -0.2) is 0 Å². The Morgan fingerprint density at radius 1 is 1.38 bits per heavy atom. The smallest absolute Gasteiger partial charge is 0.261 e. The van der Waals surface area contributed by atoms with Gasteiger partial charge in [0.25, 0.3) is 5.91 Å². The molecule has 1 atom stereocenters. The molecule has 0 aliphatic rings. The van der Waals surface area contributed by atoms with Crippen molar-refractivity contribution in [1.82, 2.24) is 5.32 Å². The van der Waals surface area contributed by atoms with Crippen molar-refractivity contribution in [3.05, 3.63) is 50.6 Å². The lowest BCUT2D eigenvalue weighted by atomic mass is 10.1. The molecular formula is C15H16BrNO3S. The lowest BCUT2D eigenvalue weighted by Crippen LogP contribution is -2.28. The molecule has 0 fully saturated rings. The van der Waals surface area contributed by atoms with Gasteiger partial charge in [0.2, 0.25) is 0 Å². The summed E-state index contributed by atoms with van der Waals surface area (Å²) in [5, 5.41) is 4.76. The minimum Gasteiger partial charge on any atom is -0.496 e. The van der Waals surface area contributed by atoms with Crippen LogP contribution >= 0.6 is 27.3 Å². The first-order valence-corrected chi connectivity index (χ1v) is 8.01. The molecule has 0 spiro atoms. The van der Waals surface area contributed by atoms with Gasteiger partial charge >= 0.3 is 0 Å². The van der Waals surface area contributed by atoms with Crippen LogP contribution in [0.25, 0.3) is 0 Å². The molecule has 1 aromatic heterocycles. The molecule has 1 N–H and O–H groups in total. The van der Waals surface area contributed by atoms with Gasteiger partial charge in [0.05, 0.1) is 12.0 Å². The van der Waals surface area contributed by atoms with Crippen molar-refractivity contribution in [2.24, 2.45) is 0 Å². The minimum atomic E-state index is -0.256. The zero-order valence-electron chi connectivity index (χ0n) is 11.8. The maximum atomic E-state index is 12.1. The van der Waals surface area contributed by atoms with Crippen LogP contribution in [-0.2, 0) is 4.74 Å². The Morgan fingerprint density at radius 2 is 2.14 bits per heavy atom. The first-order chi connectivity index (χ1) is 10.2. The van der Waals surface area contributed by atoms with Crippen molar-refractivity contribution in [3.8, 4) is 5.75 Å². The zero-order chi connectivity index (χ0) is 15.2. The Morgan fingerprint density at radius 3 is 2.76 bits per heavy atom. The first-order valence-electron chi connectivity index (χ1n) is 6.33. The molecule has 0 unspecified atom stereocenters. The molecule has 0 aliphatic carbocycles. The SMILES string of the molecule is COc1ccccc1[C@H](CNC(=O)c1cc(Br)cs1)OC. The summed E-state index contributed by atoms with van der Waals surface area (Å²) in [6.45, 7) is 0.380. The number of hydrogen-bond acceptors (Lipinski definition) is 4. The first kappa shape index (κ1) is 16.0. The number of nitrogens with one attached hydrogen (secondary N) is 1. The minimum absolute atomic E-state index is 0.109. The molecule has 0 bridgehead atoms. The van der Waals surface area contributed by atoms with Gasteiger partial charge in [-0.3, -0.25) is 4.79 Å². The van der Waals surface area contributed by atoms with Gasteiger partial charge in [-0.1, -0.05) is 18.2 Å². The van der Waals surface area contributed by atoms with Gasteiger partial charge in [0.15, 0.2) is 0 Å². The summed E-state index contributed by atoms with van der Waals surface area (Å²) in [4.78, 5) is 12.7. The van der Waals surface area contributed by atoms with E-state index >= 15 is 0 Å². The van der Waals surface area contributed by atoms with Crippen molar-refractivity contribution >= 4 is 33.2 Å². The number of ether oxygens (including phenoxy) is 2. The van der Waals surface area contributed by atoms with E-state index in [1.165, 1.54) is 11.3 Å². The third-order valence-electron chi connectivity index (χ3n) is 3.01. The summed E-state index contributed by atoms with van der Waals surface area (Å²) in [5.74, 6) is 0.639. The Bertz CT molecular complexity index is 614. The van der Waals surface area contributed by atoms with Crippen molar-refractivity contribution in [3.63, 3.8) is 0 Å². The van der Waals surface area contributed by atoms with Crippen molar-refractivity contribution in [1.29, 1.82) is 0 Å². The highest BCUT2D eigenvalue weighted by Crippen LogP contribution is 2.26. The number of rotatable bonds is 6. The summed E-state index contributed by atoms with van der Waals surface area (Å²) in [7, 11) is 3.23. The highest BCUT2D eigenvalue weighted by Gasteiger charge is 2.17. The molecule has 6 heteroatoms. The Kier molecular flexibility index (Phi) is 5.78. The highest BCUT2D eigenvalue weighted by molar-refractivity contribution is 9.10. The van der Waals surface area contributed by atoms with Crippen LogP contribution in [0.3, 0.4) is 0 Å². The molecule has 1 heterocycles. The second kappa shape index (κ2) is 7.59. The lowest BCUT2D eigenvalue weighted by molar-refractivity contribution is 0.0822. The van der Waals surface area contributed by atoms with E-state index in [1.54, 1.807) is 20.3 Å². The standard InChI is InChI=1S/C15H16BrNO3S/c1-19-12-6-4-3-5-11(12)13(20-2)8-17-15(18)14-7-10(16)9-21-14/h3-7,9,13H,8H2,1-2H3,(H,17,18)/t13-/m0/s1. The molecular weight excluding hydrogens is 354 g/mol. The summed E-state index contributed by atoms with van der Waals surface area (Å²) in [5.41, 5.74) is 0.912. The number of hydrogen-bond donors (Lipinski definition) is 1. The topological polar surface area (TPSA) is 47.6 Å². The van der Waals surface area contributed by atoms with Crippen LogP contribution in [0.5, 0.6) is 5.75 Å². The molecule has 112 valence electrons. The largest absolute Gasteiger partial charge is 0.496 e. The molecule has 1 aromatic carbocycles. The highest BCUT2D eigenvalue weighted by atomic mass is 79.9. The summed E-state index contributed by atoms with van der Waals surface area (Å²) < 4.78 is 11.7. The number of halogens is 1. The van der Waals surface area contributed by atoms with Crippen molar-refractivity contribution in [2.75, 3.05) is 20.8 Å². The van der Waals surface area contributed by atoms with E-state index in [0.717, 1.165) is 15.8 Å². The molecule has 0 aliphatic heterocycles. The normalized spacial score (nSPS) is 12.0. The second-order valence-corrected chi connectivity index (χ2v) is 6.13. The summed E-state index contributed by atoms with van der Waals surface area (Å²) in [6, 6.07) is 9.42. The van der Waals surface area contributed by atoms with E-state index in [1.807, 2.05) is 29.6 Å². The van der Waals surface area contributed by atoms with Crippen LogP contribution in [-0.4, -0.2) is 26.7 Å². The van der Waals surface area contributed by atoms with Crippen LogP contribution in [0, 0.1) is 0 Å². The fourth-order valence-electron chi connectivity index (χ4n) is 1.96. The van der Waals surface area contributed by atoms with Gasteiger partial charge in [-0.05, 0) is 28.1 Å². The lowest BCUT2D eigenvalue weighted by Gasteiger charge is -2.18. The number of benzene rings is 1. The van der Waals surface area contributed by atoms with Crippen LogP contribution in [0.4, 0.5) is 0 Å². The van der Waals surface area contributed by atoms with Crippen molar-refractivity contribution < 1.29 is 14.3 Å². The average molecular weight is 370 g/mol. The van der Waals surface area contributed by atoms with Crippen LogP contribution in [0.1, 0.15) is 21.3 Å². The summed E-state index contributed by atoms with van der Waals surface area (Å²) >= 11 is 4.73. The average Bonchev–Trinajstić information content (AvgIpc) is 2.94. The maximum Gasteiger partial charge on any atom is 0.261 e. The molecule has 0 radical (unpaired) electrons. The number of para-hydroxylation sites is 1. The Hall–Kier alpha value is -1.37. The van der Waals surface area contributed by atoms with Gasteiger partial charge in [-0.2, -0.15) is 0 Å². The number of carbonyl (C=O) groups excluding carboxylic acids is 1. The molecule has 2 rings (SSSR count). The third kappa shape index (κ3) is 4.06. The van der Waals surface area contributed by atoms with Gasteiger partial charge in [-0.15, -0.1) is 11.3 Å². The third-order valence-corrected chi connectivity index (χ3v) is 4.70. The van der Waals surface area contributed by atoms with Gasteiger partial charge in [0.1, 0.15) is 11.9 Å². The predicted molar refractivity (Wildman–Crippen MR) is 87.1 cm³/mol. The van der Waals surface area contributed by atoms with Crippen LogP contribution in [0.15, 0.2) is 40.2 Å². The molecule has 0 saturated heterocycles. The molecule has 2 aromatic rings. The van der Waals surface area contributed by atoms with E-state index in [9.17, 15) is 4.79 Å². The van der Waals surface area contributed by atoms with Crippen LogP contribution < -0.4 is 10.1 Å². The number of methoxy groups -OCH3 is 2. The number of thiophene rings is 1. The fourth-order valence-corrected chi connectivity index (χ4v) is 3.30. The second-order valence-electron chi connectivity index (χ2n) is 4.31. The van der Waals surface area contributed by atoms with Crippen LogP contribution in [0.2, 0.25) is 0 Å². The fraction of sp³-hybridized carbons (Fsp3) is 0.267. The van der Waals surface area contributed by atoms with Gasteiger partial charge in [0, 0.05) is 29.1 Å². The van der Waals surface area contributed by atoms with E-state index in [0.29, 0.717) is 11.4 Å². The molecule has 0 saturated carbocycles. The number of carbonyl (C=O) groups is 1.